The molecule has 3 heterocycles. The maximum atomic E-state index is 13.1. The first kappa shape index (κ1) is 16.4. The fourth-order valence-corrected chi connectivity index (χ4v) is 4.79. The Morgan fingerprint density at radius 1 is 1.24 bits per heavy atom. The van der Waals surface area contributed by atoms with Crippen LogP contribution < -0.4 is 0 Å². The Balaban J connectivity index is 1.47. The molecule has 1 saturated heterocycles. The number of nitrogens with zero attached hydrogens (tertiary/aromatic N) is 2. The quantitative estimate of drug-likeness (QED) is 0.651. The first-order valence-corrected chi connectivity index (χ1v) is 10.0. The van der Waals surface area contributed by atoms with Crippen molar-refractivity contribution >= 4 is 28.6 Å². The van der Waals surface area contributed by atoms with Gasteiger partial charge in [-0.2, -0.15) is 11.3 Å². The van der Waals surface area contributed by atoms with Crippen molar-refractivity contribution in [3.63, 3.8) is 0 Å². The number of hydrogen-bond donors (Lipinski definition) is 0. The highest BCUT2D eigenvalue weighted by atomic mass is 32.1. The predicted octanol–water partition coefficient (Wildman–Crippen LogP) is 4.92. The van der Waals surface area contributed by atoms with E-state index in [1.54, 1.807) is 34.8 Å². The average Bonchev–Trinajstić information content (AvgIpc) is 3.36. The molecule has 2 aromatic heterocycles. The van der Waals surface area contributed by atoms with Crippen molar-refractivity contribution in [2.45, 2.75) is 25.3 Å². The number of carbonyl (C=O) groups excluding carboxylic acids is 1. The number of thiazole rings is 1. The predicted molar refractivity (Wildman–Crippen MR) is 99.2 cm³/mol. The Morgan fingerprint density at radius 2 is 2.08 bits per heavy atom. The van der Waals surface area contributed by atoms with E-state index >= 15 is 0 Å². The van der Waals surface area contributed by atoms with Crippen LogP contribution in [0.3, 0.4) is 0 Å². The smallest absolute Gasteiger partial charge is 0.229 e. The van der Waals surface area contributed by atoms with E-state index in [2.05, 4.69) is 10.4 Å². The minimum atomic E-state index is -0.247. The Labute approximate surface area is 153 Å². The summed E-state index contributed by atoms with van der Waals surface area (Å²) in [4.78, 5) is 19.3. The third-order valence-electron chi connectivity index (χ3n) is 4.48. The Bertz CT molecular complexity index is 858. The first-order chi connectivity index (χ1) is 12.2. The highest BCUT2D eigenvalue weighted by molar-refractivity contribution is 7.14. The number of likely N-dealkylation sites (tertiary alicyclic amines) is 1. The van der Waals surface area contributed by atoms with Gasteiger partial charge in [0.2, 0.25) is 5.91 Å². The summed E-state index contributed by atoms with van der Waals surface area (Å²) < 4.78 is 13.1. The molecule has 1 amide bonds. The standard InChI is InChI=1S/C19H17FN2OS2/c20-15-5-3-13(4-6-15)17-2-1-8-22(17)18(23)10-16-12-25-19(21-16)14-7-9-24-11-14/h3-7,9,11-12,17H,1-2,8,10H2. The van der Waals surface area contributed by atoms with Crippen LogP contribution in [0.25, 0.3) is 10.6 Å². The lowest BCUT2D eigenvalue weighted by Gasteiger charge is -2.25. The van der Waals surface area contributed by atoms with Gasteiger partial charge in [-0.1, -0.05) is 12.1 Å². The van der Waals surface area contributed by atoms with Gasteiger partial charge in [-0.15, -0.1) is 11.3 Å². The monoisotopic (exact) mass is 372 g/mol. The van der Waals surface area contributed by atoms with Crippen molar-refractivity contribution in [2.24, 2.45) is 0 Å². The van der Waals surface area contributed by atoms with Gasteiger partial charge >= 0.3 is 0 Å². The lowest BCUT2D eigenvalue weighted by atomic mass is 10.0. The van der Waals surface area contributed by atoms with Crippen LogP contribution in [-0.2, 0) is 11.2 Å². The zero-order chi connectivity index (χ0) is 17.2. The second kappa shape index (κ2) is 7.06. The Morgan fingerprint density at radius 3 is 2.84 bits per heavy atom. The molecule has 6 heteroatoms. The van der Waals surface area contributed by atoms with E-state index in [1.807, 2.05) is 21.7 Å². The second-order valence-corrected chi connectivity index (χ2v) is 7.77. The van der Waals surface area contributed by atoms with Crippen LogP contribution in [0.4, 0.5) is 4.39 Å². The van der Waals surface area contributed by atoms with E-state index in [1.165, 1.54) is 12.1 Å². The van der Waals surface area contributed by atoms with Crippen LogP contribution in [0.15, 0.2) is 46.5 Å². The molecule has 3 nitrogen and oxygen atoms in total. The molecule has 1 atom stereocenters. The van der Waals surface area contributed by atoms with E-state index in [9.17, 15) is 9.18 Å². The summed E-state index contributed by atoms with van der Waals surface area (Å²) in [6.45, 7) is 0.752. The van der Waals surface area contributed by atoms with Gasteiger partial charge in [-0.25, -0.2) is 9.37 Å². The number of benzene rings is 1. The molecule has 4 rings (SSSR count). The van der Waals surface area contributed by atoms with Gasteiger partial charge in [0.05, 0.1) is 18.2 Å². The van der Waals surface area contributed by atoms with E-state index in [4.69, 9.17) is 0 Å². The molecule has 0 spiro atoms. The number of hydrogen-bond acceptors (Lipinski definition) is 4. The number of aromatic nitrogens is 1. The summed E-state index contributed by atoms with van der Waals surface area (Å²) in [5.74, 6) is -0.156. The van der Waals surface area contributed by atoms with Crippen LogP contribution >= 0.6 is 22.7 Å². The maximum Gasteiger partial charge on any atom is 0.229 e. The third-order valence-corrected chi connectivity index (χ3v) is 6.10. The fourth-order valence-electron chi connectivity index (χ4n) is 3.26. The summed E-state index contributed by atoms with van der Waals surface area (Å²) in [5, 5.41) is 7.02. The summed E-state index contributed by atoms with van der Waals surface area (Å²) >= 11 is 3.22. The van der Waals surface area contributed by atoms with Crippen molar-refractivity contribution < 1.29 is 9.18 Å². The van der Waals surface area contributed by atoms with Crippen molar-refractivity contribution in [3.05, 3.63) is 63.5 Å². The van der Waals surface area contributed by atoms with Crippen LogP contribution in [0.2, 0.25) is 0 Å². The Kier molecular flexibility index (Phi) is 4.63. The van der Waals surface area contributed by atoms with Gasteiger partial charge in [-0.3, -0.25) is 4.79 Å². The summed E-state index contributed by atoms with van der Waals surface area (Å²) in [5.41, 5.74) is 2.93. The van der Waals surface area contributed by atoms with Crippen LogP contribution in [0.1, 0.15) is 30.1 Å². The van der Waals surface area contributed by atoms with Gasteiger partial charge in [0.15, 0.2) is 0 Å². The molecule has 0 N–H and O–H groups in total. The molecule has 128 valence electrons. The van der Waals surface area contributed by atoms with Crippen molar-refractivity contribution in [1.29, 1.82) is 0 Å². The number of thiophene rings is 1. The van der Waals surface area contributed by atoms with E-state index in [-0.39, 0.29) is 17.8 Å². The molecule has 1 fully saturated rings. The fraction of sp³-hybridized carbons (Fsp3) is 0.263. The van der Waals surface area contributed by atoms with Gasteiger partial charge in [0, 0.05) is 22.9 Å². The lowest BCUT2D eigenvalue weighted by Crippen LogP contribution is -2.31. The lowest BCUT2D eigenvalue weighted by molar-refractivity contribution is -0.131. The molecule has 1 aliphatic heterocycles. The zero-order valence-corrected chi connectivity index (χ0v) is 15.2. The molecule has 25 heavy (non-hydrogen) atoms. The molecule has 1 aromatic carbocycles. The molecular formula is C19H17FN2OS2. The highest BCUT2D eigenvalue weighted by Gasteiger charge is 2.30. The SMILES string of the molecule is O=C(Cc1csc(-c2ccsc2)n1)N1CCCC1c1ccc(F)cc1. The zero-order valence-electron chi connectivity index (χ0n) is 13.5. The van der Waals surface area contributed by atoms with Crippen molar-refractivity contribution in [3.8, 4) is 10.6 Å². The van der Waals surface area contributed by atoms with Crippen LogP contribution in [0.5, 0.6) is 0 Å². The third kappa shape index (κ3) is 3.50. The first-order valence-electron chi connectivity index (χ1n) is 8.22. The molecule has 3 aromatic rings. The number of carbonyl (C=O) groups is 1. The number of amides is 1. The van der Waals surface area contributed by atoms with Crippen molar-refractivity contribution in [2.75, 3.05) is 6.54 Å². The molecule has 0 bridgehead atoms. The molecule has 1 unspecified atom stereocenters. The summed E-state index contributed by atoms with van der Waals surface area (Å²) in [7, 11) is 0. The van der Waals surface area contributed by atoms with E-state index < -0.39 is 0 Å². The minimum Gasteiger partial charge on any atom is -0.335 e. The van der Waals surface area contributed by atoms with Gasteiger partial charge in [0.1, 0.15) is 10.8 Å². The van der Waals surface area contributed by atoms with Gasteiger partial charge in [0.25, 0.3) is 0 Å². The summed E-state index contributed by atoms with van der Waals surface area (Å²) in [6.07, 6.45) is 2.22. The van der Waals surface area contributed by atoms with E-state index in [0.29, 0.717) is 6.42 Å². The normalized spacial score (nSPS) is 17.2. The van der Waals surface area contributed by atoms with Gasteiger partial charge in [-0.05, 0) is 42.0 Å². The largest absolute Gasteiger partial charge is 0.335 e. The number of halogens is 1. The Hall–Kier alpha value is -2.05. The minimum absolute atomic E-state index is 0.0445. The molecule has 0 aliphatic carbocycles. The van der Waals surface area contributed by atoms with Gasteiger partial charge < -0.3 is 4.90 Å². The molecule has 0 radical (unpaired) electrons. The molecule has 1 aliphatic rings. The average molecular weight is 372 g/mol. The second-order valence-electron chi connectivity index (χ2n) is 6.13. The number of rotatable bonds is 4. The molecule has 0 saturated carbocycles. The van der Waals surface area contributed by atoms with E-state index in [0.717, 1.165) is 41.2 Å². The topological polar surface area (TPSA) is 33.2 Å². The highest BCUT2D eigenvalue weighted by Crippen LogP contribution is 2.33. The molecular weight excluding hydrogens is 355 g/mol. The van der Waals surface area contributed by atoms with Crippen LogP contribution in [0, 0.1) is 5.82 Å². The maximum absolute atomic E-state index is 13.1. The van der Waals surface area contributed by atoms with Crippen LogP contribution in [-0.4, -0.2) is 22.3 Å². The summed E-state index contributed by atoms with van der Waals surface area (Å²) in [6, 6.07) is 8.57. The van der Waals surface area contributed by atoms with Crippen molar-refractivity contribution in [1.82, 2.24) is 9.88 Å².